The van der Waals surface area contributed by atoms with Crippen molar-refractivity contribution in [3.63, 3.8) is 0 Å². The molecule has 0 saturated carbocycles. The maximum Gasteiger partial charge on any atom is 0.321 e. The quantitative estimate of drug-likeness (QED) is 0.766. The molecule has 0 bridgehead atoms. The van der Waals surface area contributed by atoms with E-state index in [1.165, 1.54) is 0 Å². The third-order valence-electron chi connectivity index (χ3n) is 3.70. The number of fused-ring (bicyclic) bond motifs is 1. The number of carbonyl (C=O) groups is 1. The van der Waals surface area contributed by atoms with Crippen LogP contribution in [0.5, 0.6) is 0 Å². The smallest absolute Gasteiger partial charge is 0.321 e. The number of rotatable bonds is 1. The number of nitrogens with zero attached hydrogens (tertiary/aromatic N) is 1. The summed E-state index contributed by atoms with van der Waals surface area (Å²) in [5, 5.41) is 6.31. The van der Waals surface area contributed by atoms with Gasteiger partial charge in [-0.25, -0.2) is 4.79 Å². The Kier molecular flexibility index (Phi) is 2.73. The van der Waals surface area contributed by atoms with Gasteiger partial charge in [-0.05, 0) is 24.0 Å². The Morgan fingerprint density at radius 2 is 1.82 bits per heavy atom. The molecule has 17 heavy (non-hydrogen) atoms. The summed E-state index contributed by atoms with van der Waals surface area (Å²) in [5.74, 6) is 1.30. The molecule has 0 aromatic heterocycles. The molecule has 2 atom stereocenters. The number of anilines is 1. The Hall–Kier alpha value is -1.55. The molecule has 3 rings (SSSR count). The van der Waals surface area contributed by atoms with Crippen molar-refractivity contribution in [3.8, 4) is 0 Å². The summed E-state index contributed by atoms with van der Waals surface area (Å²) >= 11 is 0. The van der Waals surface area contributed by atoms with Crippen LogP contribution in [0.25, 0.3) is 0 Å². The molecular weight excluding hydrogens is 214 g/mol. The predicted octanol–water partition coefficient (Wildman–Crippen LogP) is 1.37. The fourth-order valence-electron chi connectivity index (χ4n) is 2.75. The second-order valence-corrected chi connectivity index (χ2v) is 4.88. The first kappa shape index (κ1) is 10.6. The first-order valence-corrected chi connectivity index (χ1v) is 6.14. The molecule has 2 aliphatic heterocycles. The lowest BCUT2D eigenvalue weighted by Crippen LogP contribution is -2.35. The summed E-state index contributed by atoms with van der Waals surface area (Å²) < 4.78 is 0. The molecule has 0 radical (unpaired) electrons. The summed E-state index contributed by atoms with van der Waals surface area (Å²) in [7, 11) is 0. The number of benzene rings is 1. The van der Waals surface area contributed by atoms with Gasteiger partial charge in [0.25, 0.3) is 0 Å². The van der Waals surface area contributed by atoms with Crippen molar-refractivity contribution in [1.29, 1.82) is 0 Å². The minimum Gasteiger partial charge on any atom is -0.324 e. The van der Waals surface area contributed by atoms with E-state index in [9.17, 15) is 4.79 Å². The molecule has 0 aliphatic carbocycles. The van der Waals surface area contributed by atoms with Crippen molar-refractivity contribution in [2.75, 3.05) is 31.5 Å². The molecule has 2 saturated heterocycles. The molecule has 2 N–H and O–H groups in total. The van der Waals surface area contributed by atoms with Crippen LogP contribution in [-0.4, -0.2) is 37.1 Å². The van der Waals surface area contributed by atoms with Crippen molar-refractivity contribution in [2.24, 2.45) is 11.8 Å². The lowest BCUT2D eigenvalue weighted by Gasteiger charge is -2.18. The monoisotopic (exact) mass is 231 g/mol. The number of hydrogen-bond donors (Lipinski definition) is 2. The van der Waals surface area contributed by atoms with E-state index in [4.69, 9.17) is 0 Å². The SMILES string of the molecule is O=C(Nc1ccccc1)N1C[C@H]2CNC[C@@H]2C1. The van der Waals surface area contributed by atoms with Gasteiger partial charge in [0.05, 0.1) is 0 Å². The highest BCUT2D eigenvalue weighted by atomic mass is 16.2. The van der Waals surface area contributed by atoms with Gasteiger partial charge < -0.3 is 15.5 Å². The second kappa shape index (κ2) is 4.37. The molecule has 0 unspecified atom stereocenters. The van der Waals surface area contributed by atoms with Gasteiger partial charge in [-0.1, -0.05) is 18.2 Å². The Bertz CT molecular complexity index is 394. The largest absolute Gasteiger partial charge is 0.324 e. The van der Waals surface area contributed by atoms with Crippen LogP contribution >= 0.6 is 0 Å². The average molecular weight is 231 g/mol. The number of carbonyl (C=O) groups excluding carboxylic acids is 1. The summed E-state index contributed by atoms with van der Waals surface area (Å²) in [5.41, 5.74) is 0.868. The molecule has 4 nitrogen and oxygen atoms in total. The number of hydrogen-bond acceptors (Lipinski definition) is 2. The van der Waals surface area contributed by atoms with Crippen molar-refractivity contribution in [1.82, 2.24) is 10.2 Å². The second-order valence-electron chi connectivity index (χ2n) is 4.88. The minimum absolute atomic E-state index is 0.0330. The molecule has 2 aliphatic rings. The van der Waals surface area contributed by atoms with Crippen LogP contribution in [0.4, 0.5) is 10.5 Å². The maximum atomic E-state index is 12.0. The van der Waals surface area contributed by atoms with Crippen molar-refractivity contribution in [2.45, 2.75) is 0 Å². The van der Waals surface area contributed by atoms with Crippen LogP contribution in [0.3, 0.4) is 0 Å². The molecular formula is C13H17N3O. The topological polar surface area (TPSA) is 44.4 Å². The molecule has 2 amide bonds. The van der Waals surface area contributed by atoms with Gasteiger partial charge in [0.2, 0.25) is 0 Å². The average Bonchev–Trinajstić information content (AvgIpc) is 2.90. The number of nitrogens with one attached hydrogen (secondary N) is 2. The Morgan fingerprint density at radius 3 is 2.47 bits per heavy atom. The molecule has 2 fully saturated rings. The highest BCUT2D eigenvalue weighted by Gasteiger charge is 2.37. The molecule has 4 heteroatoms. The summed E-state index contributed by atoms with van der Waals surface area (Å²) in [4.78, 5) is 14.0. The van der Waals surface area contributed by atoms with E-state index in [2.05, 4.69) is 10.6 Å². The summed E-state index contributed by atoms with van der Waals surface area (Å²) in [6, 6.07) is 9.66. The lowest BCUT2D eigenvalue weighted by molar-refractivity contribution is 0.219. The third kappa shape index (κ3) is 2.13. The number of likely N-dealkylation sites (tertiary alicyclic amines) is 1. The van der Waals surface area contributed by atoms with E-state index in [0.717, 1.165) is 31.9 Å². The van der Waals surface area contributed by atoms with E-state index in [0.29, 0.717) is 11.8 Å². The molecule has 90 valence electrons. The highest BCUT2D eigenvalue weighted by Crippen LogP contribution is 2.26. The van der Waals surface area contributed by atoms with Crippen molar-refractivity contribution in [3.05, 3.63) is 30.3 Å². The van der Waals surface area contributed by atoms with E-state index >= 15 is 0 Å². The zero-order valence-electron chi connectivity index (χ0n) is 9.73. The van der Waals surface area contributed by atoms with Gasteiger partial charge in [0, 0.05) is 31.9 Å². The standard InChI is InChI=1S/C13H17N3O/c17-13(15-12-4-2-1-3-5-12)16-8-10-6-14-7-11(10)9-16/h1-5,10-11,14H,6-9H2,(H,15,17)/t10-,11-/m1/s1. The van der Waals surface area contributed by atoms with E-state index in [-0.39, 0.29) is 6.03 Å². The van der Waals surface area contributed by atoms with Crippen LogP contribution in [-0.2, 0) is 0 Å². The number of amides is 2. The Morgan fingerprint density at radius 1 is 1.18 bits per heavy atom. The van der Waals surface area contributed by atoms with Gasteiger partial charge in [-0.2, -0.15) is 0 Å². The molecule has 0 spiro atoms. The third-order valence-corrected chi connectivity index (χ3v) is 3.70. The van der Waals surface area contributed by atoms with Crippen molar-refractivity contribution >= 4 is 11.7 Å². The fraction of sp³-hybridized carbons (Fsp3) is 0.462. The van der Waals surface area contributed by atoms with Crippen molar-refractivity contribution < 1.29 is 4.79 Å². The molecule has 1 aromatic carbocycles. The Labute approximate surface area is 101 Å². The van der Waals surface area contributed by atoms with Crippen LogP contribution in [0, 0.1) is 11.8 Å². The fourth-order valence-corrected chi connectivity index (χ4v) is 2.75. The Balaban J connectivity index is 1.61. The minimum atomic E-state index is 0.0330. The highest BCUT2D eigenvalue weighted by molar-refractivity contribution is 5.89. The van der Waals surface area contributed by atoms with E-state index in [1.54, 1.807) is 0 Å². The zero-order valence-corrected chi connectivity index (χ0v) is 9.73. The first-order chi connectivity index (χ1) is 8.33. The van der Waals surface area contributed by atoms with E-state index < -0.39 is 0 Å². The normalized spacial score (nSPS) is 26.9. The maximum absolute atomic E-state index is 12.0. The first-order valence-electron chi connectivity index (χ1n) is 6.14. The summed E-state index contributed by atoms with van der Waals surface area (Å²) in [6.07, 6.45) is 0. The van der Waals surface area contributed by atoms with E-state index in [1.807, 2.05) is 35.2 Å². The van der Waals surface area contributed by atoms with Crippen LogP contribution < -0.4 is 10.6 Å². The van der Waals surface area contributed by atoms with Crippen LogP contribution in [0.2, 0.25) is 0 Å². The molecule has 2 heterocycles. The van der Waals surface area contributed by atoms with Gasteiger partial charge >= 0.3 is 6.03 Å². The number of para-hydroxylation sites is 1. The van der Waals surface area contributed by atoms with Crippen LogP contribution in [0.15, 0.2) is 30.3 Å². The lowest BCUT2D eigenvalue weighted by atomic mass is 10.0. The van der Waals surface area contributed by atoms with Gasteiger partial charge in [-0.15, -0.1) is 0 Å². The van der Waals surface area contributed by atoms with Gasteiger partial charge in [0.1, 0.15) is 0 Å². The number of urea groups is 1. The van der Waals surface area contributed by atoms with Crippen LogP contribution in [0.1, 0.15) is 0 Å². The molecule has 1 aromatic rings. The van der Waals surface area contributed by atoms with Gasteiger partial charge in [0.15, 0.2) is 0 Å². The summed E-state index contributed by atoms with van der Waals surface area (Å²) in [6.45, 7) is 3.88. The zero-order chi connectivity index (χ0) is 11.7. The van der Waals surface area contributed by atoms with Gasteiger partial charge in [-0.3, -0.25) is 0 Å². The predicted molar refractivity (Wildman–Crippen MR) is 66.9 cm³/mol.